The average Bonchev–Trinajstić information content (AvgIpc) is 3.20. The number of para-hydroxylation sites is 1. The number of allylic oxidation sites excluding steroid dienone is 3. The Labute approximate surface area is 165 Å². The monoisotopic (exact) mass is 381 g/mol. The smallest absolute Gasteiger partial charge is 0.336 e. The first-order valence-corrected chi connectivity index (χ1v) is 10.1. The van der Waals surface area contributed by atoms with Crippen molar-refractivity contribution in [3.05, 3.63) is 52.4 Å². The van der Waals surface area contributed by atoms with Crippen LogP contribution >= 0.6 is 0 Å². The molecular formula is C23H27NO4. The number of dihydropyridines is 1. The number of nitrogens with one attached hydrogen (secondary N) is 1. The highest BCUT2D eigenvalue weighted by molar-refractivity contribution is 6.01. The molecule has 0 bridgehead atoms. The van der Waals surface area contributed by atoms with E-state index in [1.54, 1.807) is 7.11 Å². The highest BCUT2D eigenvalue weighted by Gasteiger charge is 2.35. The van der Waals surface area contributed by atoms with Crippen LogP contribution in [0.1, 0.15) is 63.4 Å². The summed E-state index contributed by atoms with van der Waals surface area (Å²) in [7, 11) is 1.65. The minimum absolute atomic E-state index is 0.0279. The summed E-state index contributed by atoms with van der Waals surface area (Å²) >= 11 is 0. The third kappa shape index (κ3) is 3.58. The fourth-order valence-corrected chi connectivity index (χ4v) is 4.58. The molecule has 1 aromatic carbocycles. The lowest BCUT2D eigenvalue weighted by Gasteiger charge is -2.32. The maximum atomic E-state index is 12.9. The van der Waals surface area contributed by atoms with Gasteiger partial charge in [-0.1, -0.05) is 18.2 Å². The lowest BCUT2D eigenvalue weighted by molar-refractivity contribution is -0.144. The van der Waals surface area contributed by atoms with E-state index in [-0.39, 0.29) is 23.8 Å². The van der Waals surface area contributed by atoms with E-state index >= 15 is 0 Å². The molecule has 0 spiro atoms. The second kappa shape index (κ2) is 7.82. The van der Waals surface area contributed by atoms with Crippen LogP contribution in [0.2, 0.25) is 0 Å². The summed E-state index contributed by atoms with van der Waals surface area (Å²) in [6.07, 6.45) is 5.70. The minimum atomic E-state index is -0.275. The molecule has 1 saturated carbocycles. The van der Waals surface area contributed by atoms with Crippen molar-refractivity contribution >= 4 is 11.8 Å². The molecule has 1 heterocycles. The quantitative estimate of drug-likeness (QED) is 0.794. The molecule has 1 unspecified atom stereocenters. The zero-order chi connectivity index (χ0) is 19.7. The average molecular weight is 381 g/mol. The first kappa shape index (κ1) is 18.8. The molecule has 5 nitrogen and oxygen atoms in total. The summed E-state index contributed by atoms with van der Waals surface area (Å²) in [6.45, 7) is 1.90. The van der Waals surface area contributed by atoms with Gasteiger partial charge in [0.2, 0.25) is 0 Å². The minimum Gasteiger partial charge on any atom is -0.496 e. The van der Waals surface area contributed by atoms with Crippen LogP contribution in [0, 0.1) is 0 Å². The standard InChI is InChI=1S/C23H27NO4/c1-14-18(23(26)28-16-7-3-4-8-16)13-19-20(24-14)11-15(12-21(19)25)17-9-5-6-10-22(17)27-2/h5-6,9-10,15-16,24H,3-4,7-8,11-13H2,1-2H3. The van der Waals surface area contributed by atoms with Gasteiger partial charge >= 0.3 is 5.97 Å². The van der Waals surface area contributed by atoms with Gasteiger partial charge in [-0.05, 0) is 50.7 Å². The zero-order valence-corrected chi connectivity index (χ0v) is 16.5. The van der Waals surface area contributed by atoms with Crippen LogP contribution in [-0.4, -0.2) is 25.0 Å². The van der Waals surface area contributed by atoms with E-state index in [1.807, 2.05) is 31.2 Å². The van der Waals surface area contributed by atoms with E-state index in [1.165, 1.54) is 0 Å². The molecule has 2 aliphatic carbocycles. The highest BCUT2D eigenvalue weighted by atomic mass is 16.5. The fourth-order valence-electron chi connectivity index (χ4n) is 4.58. The van der Waals surface area contributed by atoms with E-state index in [0.29, 0.717) is 18.4 Å². The Balaban J connectivity index is 1.52. The Morgan fingerprint density at radius 3 is 2.64 bits per heavy atom. The van der Waals surface area contributed by atoms with Crippen molar-refractivity contribution in [2.24, 2.45) is 0 Å². The number of methoxy groups -OCH3 is 1. The highest BCUT2D eigenvalue weighted by Crippen LogP contribution is 2.41. The molecule has 1 aromatic rings. The number of ketones is 1. The van der Waals surface area contributed by atoms with Gasteiger partial charge in [-0.3, -0.25) is 4.79 Å². The largest absolute Gasteiger partial charge is 0.496 e. The second-order valence-electron chi connectivity index (χ2n) is 7.94. The maximum absolute atomic E-state index is 12.9. The van der Waals surface area contributed by atoms with Crippen LogP contribution in [0.4, 0.5) is 0 Å². The second-order valence-corrected chi connectivity index (χ2v) is 7.94. The number of benzene rings is 1. The Kier molecular flexibility index (Phi) is 5.25. The predicted molar refractivity (Wildman–Crippen MR) is 106 cm³/mol. The van der Waals surface area contributed by atoms with Gasteiger partial charge in [0.05, 0.1) is 12.7 Å². The molecule has 1 fully saturated rings. The van der Waals surface area contributed by atoms with Gasteiger partial charge in [-0.15, -0.1) is 0 Å². The Morgan fingerprint density at radius 2 is 1.89 bits per heavy atom. The molecule has 3 aliphatic rings. The van der Waals surface area contributed by atoms with Crippen LogP contribution in [0.3, 0.4) is 0 Å². The molecule has 0 amide bonds. The van der Waals surface area contributed by atoms with Gasteiger partial charge in [0.1, 0.15) is 11.9 Å². The summed E-state index contributed by atoms with van der Waals surface area (Å²) in [4.78, 5) is 25.6. The topological polar surface area (TPSA) is 64.6 Å². The summed E-state index contributed by atoms with van der Waals surface area (Å²) in [5, 5.41) is 3.34. The Hall–Kier alpha value is -2.56. The third-order valence-electron chi connectivity index (χ3n) is 6.13. The van der Waals surface area contributed by atoms with E-state index in [2.05, 4.69) is 5.32 Å². The molecule has 148 valence electrons. The Bertz CT molecular complexity index is 861. The summed E-state index contributed by atoms with van der Waals surface area (Å²) in [6, 6.07) is 7.87. The molecule has 1 N–H and O–H groups in total. The van der Waals surface area contributed by atoms with Gasteiger partial charge in [0.25, 0.3) is 0 Å². The van der Waals surface area contributed by atoms with E-state index in [4.69, 9.17) is 9.47 Å². The van der Waals surface area contributed by atoms with Gasteiger partial charge in [0.15, 0.2) is 5.78 Å². The van der Waals surface area contributed by atoms with Crippen LogP contribution in [0.25, 0.3) is 0 Å². The van der Waals surface area contributed by atoms with Crippen molar-refractivity contribution in [3.8, 4) is 5.75 Å². The fraction of sp³-hybridized carbons (Fsp3) is 0.478. The predicted octanol–water partition coefficient (Wildman–Crippen LogP) is 4.15. The van der Waals surface area contributed by atoms with Crippen molar-refractivity contribution in [2.45, 2.75) is 63.9 Å². The number of hydrogen-bond acceptors (Lipinski definition) is 5. The molecular weight excluding hydrogens is 354 g/mol. The van der Waals surface area contributed by atoms with Gasteiger partial charge < -0.3 is 14.8 Å². The summed E-state index contributed by atoms with van der Waals surface area (Å²) < 4.78 is 11.2. The number of hydrogen-bond donors (Lipinski definition) is 1. The number of rotatable bonds is 4. The first-order valence-electron chi connectivity index (χ1n) is 10.1. The number of carbonyl (C=O) groups is 2. The van der Waals surface area contributed by atoms with Crippen LogP contribution < -0.4 is 10.1 Å². The van der Waals surface area contributed by atoms with E-state index in [9.17, 15) is 9.59 Å². The normalized spacial score (nSPS) is 22.8. The molecule has 28 heavy (non-hydrogen) atoms. The van der Waals surface area contributed by atoms with Crippen molar-refractivity contribution in [3.63, 3.8) is 0 Å². The van der Waals surface area contributed by atoms with E-state index < -0.39 is 0 Å². The van der Waals surface area contributed by atoms with E-state index in [0.717, 1.165) is 60.4 Å². The molecule has 0 aromatic heterocycles. The van der Waals surface area contributed by atoms with Gasteiger partial charge in [0, 0.05) is 35.7 Å². The summed E-state index contributed by atoms with van der Waals surface area (Å²) in [5.74, 6) is 0.717. The summed E-state index contributed by atoms with van der Waals surface area (Å²) in [5.41, 5.74) is 4.11. The SMILES string of the molecule is COc1ccccc1C1CC(=O)C2=C(C1)NC(C)=C(C(=O)OC1CCCC1)C2. The molecule has 0 radical (unpaired) electrons. The molecule has 1 atom stereocenters. The van der Waals surface area contributed by atoms with Crippen molar-refractivity contribution in [1.82, 2.24) is 5.32 Å². The van der Waals surface area contributed by atoms with Crippen molar-refractivity contribution in [1.29, 1.82) is 0 Å². The lowest BCUT2D eigenvalue weighted by Crippen LogP contribution is -2.32. The Morgan fingerprint density at radius 1 is 1.14 bits per heavy atom. The molecule has 1 aliphatic heterocycles. The van der Waals surface area contributed by atoms with Crippen LogP contribution in [0.5, 0.6) is 5.75 Å². The van der Waals surface area contributed by atoms with Crippen molar-refractivity contribution in [2.75, 3.05) is 7.11 Å². The van der Waals surface area contributed by atoms with Crippen LogP contribution in [-0.2, 0) is 14.3 Å². The number of ether oxygens (including phenoxy) is 2. The number of carbonyl (C=O) groups excluding carboxylic acids is 2. The van der Waals surface area contributed by atoms with Gasteiger partial charge in [-0.25, -0.2) is 4.79 Å². The van der Waals surface area contributed by atoms with Crippen LogP contribution in [0.15, 0.2) is 46.8 Å². The molecule has 5 heteroatoms. The lowest BCUT2D eigenvalue weighted by atomic mass is 9.78. The van der Waals surface area contributed by atoms with Crippen molar-refractivity contribution < 1.29 is 19.1 Å². The van der Waals surface area contributed by atoms with Gasteiger partial charge in [-0.2, -0.15) is 0 Å². The first-order chi connectivity index (χ1) is 13.6. The number of Topliss-reactive ketones (excluding diaryl/α,β-unsaturated/α-hetero) is 1. The third-order valence-corrected chi connectivity index (χ3v) is 6.13. The number of esters is 1. The maximum Gasteiger partial charge on any atom is 0.336 e. The zero-order valence-electron chi connectivity index (χ0n) is 16.5. The molecule has 4 rings (SSSR count). The molecule has 0 saturated heterocycles.